The Hall–Kier alpha value is -2.88. The molecule has 112 valence electrons. The molecule has 0 atom stereocenters. The number of ketones is 2. The first-order valence-corrected chi connectivity index (χ1v) is 6.82. The predicted octanol–water partition coefficient (Wildman–Crippen LogP) is 3.71. The number of nitrogens with one attached hydrogen (secondary N) is 1. The van der Waals surface area contributed by atoms with Crippen LogP contribution in [0.2, 0.25) is 0 Å². The van der Waals surface area contributed by atoms with Crippen molar-refractivity contribution in [2.75, 3.05) is 12.4 Å². The molecule has 0 bridgehead atoms. The van der Waals surface area contributed by atoms with Gasteiger partial charge in [-0.1, -0.05) is 0 Å². The Bertz CT molecular complexity index is 685. The van der Waals surface area contributed by atoms with Crippen LogP contribution in [-0.4, -0.2) is 18.7 Å². The third-order valence-electron chi connectivity index (χ3n) is 3.15. The van der Waals surface area contributed by atoms with Gasteiger partial charge in [0.15, 0.2) is 11.6 Å². The molecule has 0 radical (unpaired) electrons. The van der Waals surface area contributed by atoms with E-state index in [0.717, 1.165) is 5.69 Å². The third-order valence-corrected chi connectivity index (χ3v) is 3.15. The lowest BCUT2D eigenvalue weighted by Gasteiger charge is -2.02. The van der Waals surface area contributed by atoms with Crippen LogP contribution < -0.4 is 10.1 Å². The average molecular weight is 295 g/mol. The molecule has 2 rings (SSSR count). The van der Waals surface area contributed by atoms with Gasteiger partial charge >= 0.3 is 0 Å². The van der Waals surface area contributed by atoms with Gasteiger partial charge in [-0.2, -0.15) is 0 Å². The molecule has 0 spiro atoms. The number of hydrogen-bond donors (Lipinski definition) is 1. The Labute approximate surface area is 129 Å². The first kappa shape index (κ1) is 15.5. The molecule has 0 unspecified atom stereocenters. The van der Waals surface area contributed by atoms with E-state index in [9.17, 15) is 9.59 Å². The minimum absolute atomic E-state index is 0.0248. The lowest BCUT2D eigenvalue weighted by molar-refractivity contribution is 0.101. The highest BCUT2D eigenvalue weighted by molar-refractivity contribution is 6.04. The molecule has 4 nitrogen and oxygen atoms in total. The zero-order chi connectivity index (χ0) is 15.9. The molecule has 0 amide bonds. The zero-order valence-electron chi connectivity index (χ0n) is 12.5. The number of allylic oxidation sites excluding steroid dienone is 1. The second kappa shape index (κ2) is 7.22. The SMILES string of the molecule is COc1ccc(C(=O)/C=C\Nc2ccc(C(C)=O)cc2)cc1. The Balaban J connectivity index is 1.96. The van der Waals surface area contributed by atoms with Crippen molar-refractivity contribution in [1.29, 1.82) is 0 Å². The van der Waals surface area contributed by atoms with E-state index in [0.29, 0.717) is 16.9 Å². The molecule has 0 aromatic heterocycles. The van der Waals surface area contributed by atoms with E-state index >= 15 is 0 Å². The molecule has 22 heavy (non-hydrogen) atoms. The van der Waals surface area contributed by atoms with Gasteiger partial charge in [0.2, 0.25) is 0 Å². The lowest BCUT2D eigenvalue weighted by Crippen LogP contribution is -1.97. The largest absolute Gasteiger partial charge is 0.497 e. The molecule has 0 saturated carbocycles. The fourth-order valence-corrected chi connectivity index (χ4v) is 1.87. The standard InChI is InChI=1S/C18H17NO3/c1-13(20)14-3-7-16(8-4-14)19-12-11-18(21)15-5-9-17(22-2)10-6-15/h3-12,19H,1-2H3/b12-11-. The van der Waals surface area contributed by atoms with Crippen molar-refractivity contribution in [3.63, 3.8) is 0 Å². The van der Waals surface area contributed by atoms with Crippen LogP contribution in [0.5, 0.6) is 5.75 Å². The number of Topliss-reactive ketones (excluding diaryl/α,β-unsaturated/α-hetero) is 1. The monoisotopic (exact) mass is 295 g/mol. The third kappa shape index (κ3) is 4.06. The second-order valence-corrected chi connectivity index (χ2v) is 4.70. The van der Waals surface area contributed by atoms with E-state index in [1.807, 2.05) is 0 Å². The topological polar surface area (TPSA) is 55.4 Å². The number of carbonyl (C=O) groups excluding carboxylic acids is 2. The van der Waals surface area contributed by atoms with Crippen LogP contribution in [0.3, 0.4) is 0 Å². The highest BCUT2D eigenvalue weighted by Crippen LogP contribution is 2.13. The number of anilines is 1. The summed E-state index contributed by atoms with van der Waals surface area (Å²) in [5.74, 6) is 0.636. The van der Waals surface area contributed by atoms with Crippen LogP contribution in [0.25, 0.3) is 0 Å². The molecule has 2 aromatic carbocycles. The van der Waals surface area contributed by atoms with Crippen LogP contribution in [-0.2, 0) is 0 Å². The summed E-state index contributed by atoms with van der Waals surface area (Å²) in [6, 6.07) is 14.0. The molecular formula is C18H17NO3. The minimum Gasteiger partial charge on any atom is -0.497 e. The number of rotatable bonds is 6. The maximum Gasteiger partial charge on any atom is 0.187 e. The van der Waals surface area contributed by atoms with Gasteiger partial charge in [0.25, 0.3) is 0 Å². The Morgan fingerprint density at radius 1 is 0.955 bits per heavy atom. The van der Waals surface area contributed by atoms with E-state index in [-0.39, 0.29) is 11.6 Å². The van der Waals surface area contributed by atoms with Crippen molar-refractivity contribution in [2.45, 2.75) is 6.92 Å². The van der Waals surface area contributed by atoms with Crippen LogP contribution in [0.4, 0.5) is 5.69 Å². The summed E-state index contributed by atoms with van der Waals surface area (Å²) in [4.78, 5) is 23.1. The van der Waals surface area contributed by atoms with Gasteiger partial charge in [0, 0.05) is 29.1 Å². The zero-order valence-corrected chi connectivity index (χ0v) is 12.5. The van der Waals surface area contributed by atoms with E-state index in [1.54, 1.807) is 61.8 Å². The summed E-state index contributed by atoms with van der Waals surface area (Å²) >= 11 is 0. The van der Waals surface area contributed by atoms with E-state index in [4.69, 9.17) is 4.74 Å². The predicted molar refractivity (Wildman–Crippen MR) is 86.5 cm³/mol. The Morgan fingerprint density at radius 2 is 1.55 bits per heavy atom. The molecule has 0 fully saturated rings. The Morgan fingerprint density at radius 3 is 2.09 bits per heavy atom. The maximum absolute atomic E-state index is 12.0. The normalized spacial score (nSPS) is 10.5. The summed E-state index contributed by atoms with van der Waals surface area (Å²) in [5.41, 5.74) is 2.05. The quantitative estimate of drug-likeness (QED) is 0.652. The maximum atomic E-state index is 12.0. The molecule has 0 aliphatic rings. The van der Waals surface area contributed by atoms with Crippen molar-refractivity contribution >= 4 is 17.3 Å². The highest BCUT2D eigenvalue weighted by atomic mass is 16.5. The van der Waals surface area contributed by atoms with Crippen LogP contribution in [0.15, 0.2) is 60.8 Å². The molecule has 4 heteroatoms. The van der Waals surface area contributed by atoms with Crippen molar-refractivity contribution in [3.05, 3.63) is 71.9 Å². The lowest BCUT2D eigenvalue weighted by atomic mass is 10.1. The Kier molecular flexibility index (Phi) is 5.09. The molecule has 0 saturated heterocycles. The van der Waals surface area contributed by atoms with Crippen molar-refractivity contribution < 1.29 is 14.3 Å². The minimum atomic E-state index is -0.101. The molecule has 2 aromatic rings. The van der Waals surface area contributed by atoms with Gasteiger partial charge in [0.05, 0.1) is 7.11 Å². The van der Waals surface area contributed by atoms with Crippen LogP contribution in [0, 0.1) is 0 Å². The number of benzene rings is 2. The molecule has 0 aliphatic heterocycles. The highest BCUT2D eigenvalue weighted by Gasteiger charge is 2.02. The van der Waals surface area contributed by atoms with Gasteiger partial charge in [-0.25, -0.2) is 0 Å². The van der Waals surface area contributed by atoms with E-state index < -0.39 is 0 Å². The second-order valence-electron chi connectivity index (χ2n) is 4.70. The summed E-state index contributed by atoms with van der Waals surface area (Å²) < 4.78 is 5.05. The molecule has 0 heterocycles. The van der Waals surface area contributed by atoms with E-state index in [1.165, 1.54) is 13.0 Å². The van der Waals surface area contributed by atoms with Crippen molar-refractivity contribution in [1.82, 2.24) is 0 Å². The van der Waals surface area contributed by atoms with Gasteiger partial charge in [-0.3, -0.25) is 9.59 Å². The molecular weight excluding hydrogens is 278 g/mol. The smallest absolute Gasteiger partial charge is 0.187 e. The summed E-state index contributed by atoms with van der Waals surface area (Å²) in [6.45, 7) is 1.52. The summed E-state index contributed by atoms with van der Waals surface area (Å²) in [7, 11) is 1.58. The van der Waals surface area contributed by atoms with Gasteiger partial charge in [-0.05, 0) is 55.5 Å². The fraction of sp³-hybridized carbons (Fsp3) is 0.111. The van der Waals surface area contributed by atoms with Gasteiger partial charge in [0.1, 0.15) is 5.75 Å². The summed E-state index contributed by atoms with van der Waals surface area (Å²) in [6.07, 6.45) is 3.04. The summed E-state index contributed by atoms with van der Waals surface area (Å²) in [5, 5.41) is 3.00. The van der Waals surface area contributed by atoms with Gasteiger partial charge < -0.3 is 10.1 Å². The first-order valence-electron chi connectivity index (χ1n) is 6.82. The number of hydrogen-bond acceptors (Lipinski definition) is 4. The molecule has 1 N–H and O–H groups in total. The number of methoxy groups -OCH3 is 1. The first-order chi connectivity index (χ1) is 10.6. The number of carbonyl (C=O) groups is 2. The fourth-order valence-electron chi connectivity index (χ4n) is 1.87. The van der Waals surface area contributed by atoms with Crippen molar-refractivity contribution in [2.24, 2.45) is 0 Å². The average Bonchev–Trinajstić information content (AvgIpc) is 2.55. The van der Waals surface area contributed by atoms with Crippen molar-refractivity contribution in [3.8, 4) is 5.75 Å². The molecule has 0 aliphatic carbocycles. The van der Waals surface area contributed by atoms with E-state index in [2.05, 4.69) is 5.32 Å². The van der Waals surface area contributed by atoms with Crippen LogP contribution >= 0.6 is 0 Å². The van der Waals surface area contributed by atoms with Gasteiger partial charge in [-0.15, -0.1) is 0 Å². The van der Waals surface area contributed by atoms with Crippen LogP contribution in [0.1, 0.15) is 27.6 Å². The number of ether oxygens (including phenoxy) is 1.